The van der Waals surface area contributed by atoms with E-state index in [2.05, 4.69) is 15.3 Å². The summed E-state index contributed by atoms with van der Waals surface area (Å²) in [4.78, 5) is 21.5. The lowest BCUT2D eigenvalue weighted by atomic mass is 10.3. The van der Waals surface area contributed by atoms with Crippen molar-refractivity contribution in [2.75, 3.05) is 23.8 Å². The molecule has 1 amide bonds. The third-order valence-electron chi connectivity index (χ3n) is 2.73. The molecule has 8 heteroatoms. The zero-order valence-corrected chi connectivity index (χ0v) is 13.1. The van der Waals surface area contributed by atoms with Crippen LogP contribution in [0.1, 0.15) is 5.69 Å². The summed E-state index contributed by atoms with van der Waals surface area (Å²) >= 11 is 11.7. The molecule has 22 heavy (non-hydrogen) atoms. The van der Waals surface area contributed by atoms with Crippen LogP contribution in [0.3, 0.4) is 0 Å². The summed E-state index contributed by atoms with van der Waals surface area (Å²) in [5.74, 6) is 0.0599. The third kappa shape index (κ3) is 3.85. The molecule has 0 radical (unpaired) electrons. The van der Waals surface area contributed by atoms with Gasteiger partial charge < -0.3 is 10.2 Å². The minimum atomic E-state index is -0.282. The molecule has 1 aromatic heterocycles. The number of aromatic nitrogens is 2. The molecule has 0 aliphatic heterocycles. The molecule has 1 N–H and O–H groups in total. The van der Waals surface area contributed by atoms with E-state index in [1.807, 2.05) is 6.07 Å². The monoisotopic (exact) mass is 335 g/mol. The van der Waals surface area contributed by atoms with Gasteiger partial charge in [-0.1, -0.05) is 23.2 Å². The molecule has 0 unspecified atom stereocenters. The van der Waals surface area contributed by atoms with Gasteiger partial charge in [-0.15, -0.1) is 0 Å². The van der Waals surface area contributed by atoms with Crippen LogP contribution in [0, 0.1) is 11.3 Å². The van der Waals surface area contributed by atoms with Crippen molar-refractivity contribution < 1.29 is 4.79 Å². The van der Waals surface area contributed by atoms with Crippen LogP contribution >= 0.6 is 23.2 Å². The van der Waals surface area contributed by atoms with Gasteiger partial charge >= 0.3 is 0 Å². The highest BCUT2D eigenvalue weighted by Gasteiger charge is 2.13. The van der Waals surface area contributed by atoms with Crippen molar-refractivity contribution in [3.05, 3.63) is 46.3 Å². The Balaban J connectivity index is 2.05. The zero-order chi connectivity index (χ0) is 16.1. The summed E-state index contributed by atoms with van der Waals surface area (Å²) in [7, 11) is 1.65. The Bertz CT molecular complexity index is 744. The molecular weight excluding hydrogens is 325 g/mol. The molecule has 6 nitrogen and oxygen atoms in total. The van der Waals surface area contributed by atoms with E-state index in [0.717, 1.165) is 0 Å². The third-order valence-corrected chi connectivity index (χ3v) is 3.47. The van der Waals surface area contributed by atoms with Crippen LogP contribution in [0.5, 0.6) is 0 Å². The highest BCUT2D eigenvalue weighted by molar-refractivity contribution is 6.42. The smallest absolute Gasteiger partial charge is 0.243 e. The summed E-state index contributed by atoms with van der Waals surface area (Å²) in [5.41, 5.74) is 0.694. The molecule has 1 heterocycles. The van der Waals surface area contributed by atoms with E-state index in [-0.39, 0.29) is 18.1 Å². The normalized spacial score (nSPS) is 9.91. The molecule has 112 valence electrons. The number of hydrogen-bond acceptors (Lipinski definition) is 5. The number of carbonyl (C=O) groups is 1. The van der Waals surface area contributed by atoms with E-state index in [1.165, 1.54) is 12.4 Å². The Morgan fingerprint density at radius 2 is 2.05 bits per heavy atom. The molecule has 2 aromatic rings. The molecular formula is C14H11Cl2N5O. The van der Waals surface area contributed by atoms with Crippen molar-refractivity contribution >= 4 is 40.6 Å². The van der Waals surface area contributed by atoms with Crippen LogP contribution in [0.15, 0.2) is 30.6 Å². The minimum absolute atomic E-state index is 0.00756. The van der Waals surface area contributed by atoms with E-state index < -0.39 is 0 Å². The standard InChI is InChI=1S/C14H11Cl2N5O/c1-21(14-12(7-17)18-4-5-19-14)8-13(22)20-9-2-3-10(15)11(16)6-9/h2-6H,8H2,1H3,(H,20,22). The van der Waals surface area contributed by atoms with Crippen LogP contribution in [0.4, 0.5) is 11.5 Å². The molecule has 0 bridgehead atoms. The first-order valence-electron chi connectivity index (χ1n) is 6.18. The van der Waals surface area contributed by atoms with E-state index in [0.29, 0.717) is 21.6 Å². The number of rotatable bonds is 4. The maximum atomic E-state index is 12.0. The van der Waals surface area contributed by atoms with Crippen LogP contribution < -0.4 is 10.2 Å². The van der Waals surface area contributed by atoms with Crippen molar-refractivity contribution in [2.45, 2.75) is 0 Å². The van der Waals surface area contributed by atoms with Crippen LogP contribution in [-0.2, 0) is 4.79 Å². The van der Waals surface area contributed by atoms with Crippen molar-refractivity contribution in [3.63, 3.8) is 0 Å². The van der Waals surface area contributed by atoms with E-state index in [4.69, 9.17) is 28.5 Å². The molecule has 2 rings (SSSR count). The Labute approximate surface area is 137 Å². The Morgan fingerprint density at radius 1 is 1.32 bits per heavy atom. The predicted octanol–water partition coefficient (Wildman–Crippen LogP) is 2.73. The summed E-state index contributed by atoms with van der Waals surface area (Å²) in [5, 5.41) is 12.4. The maximum absolute atomic E-state index is 12.0. The van der Waals surface area contributed by atoms with Crippen LogP contribution in [0.2, 0.25) is 10.0 Å². The molecule has 0 saturated carbocycles. The van der Waals surface area contributed by atoms with Gasteiger partial charge in [-0.05, 0) is 18.2 Å². The quantitative estimate of drug-likeness (QED) is 0.928. The Hall–Kier alpha value is -2.36. The molecule has 0 aliphatic rings. The van der Waals surface area contributed by atoms with Crippen molar-refractivity contribution in [1.29, 1.82) is 5.26 Å². The van der Waals surface area contributed by atoms with Crippen molar-refractivity contribution in [1.82, 2.24) is 9.97 Å². The minimum Gasteiger partial charge on any atom is -0.348 e. The number of likely N-dealkylation sites (N-methyl/N-ethyl adjacent to an activating group) is 1. The number of nitrogens with zero attached hydrogens (tertiary/aromatic N) is 4. The molecule has 0 fully saturated rings. The SMILES string of the molecule is CN(CC(=O)Nc1ccc(Cl)c(Cl)c1)c1nccnc1C#N. The fourth-order valence-electron chi connectivity index (χ4n) is 1.75. The van der Waals surface area contributed by atoms with Gasteiger partial charge in [0.25, 0.3) is 0 Å². The van der Waals surface area contributed by atoms with Gasteiger partial charge in [-0.25, -0.2) is 9.97 Å². The first-order valence-corrected chi connectivity index (χ1v) is 6.94. The average molecular weight is 336 g/mol. The second kappa shape index (κ2) is 7.07. The summed E-state index contributed by atoms with van der Waals surface area (Å²) in [6.45, 7) is 0.00756. The number of halogens is 2. The average Bonchev–Trinajstić information content (AvgIpc) is 2.50. The zero-order valence-electron chi connectivity index (χ0n) is 11.5. The van der Waals surface area contributed by atoms with Gasteiger partial charge in [0.05, 0.1) is 16.6 Å². The van der Waals surface area contributed by atoms with Gasteiger partial charge in [0.1, 0.15) is 6.07 Å². The highest BCUT2D eigenvalue weighted by atomic mass is 35.5. The van der Waals surface area contributed by atoms with E-state index in [1.54, 1.807) is 30.1 Å². The maximum Gasteiger partial charge on any atom is 0.243 e. The number of nitriles is 1. The van der Waals surface area contributed by atoms with E-state index in [9.17, 15) is 4.79 Å². The predicted molar refractivity (Wildman–Crippen MR) is 85.1 cm³/mol. The van der Waals surface area contributed by atoms with Gasteiger partial charge in [-0.2, -0.15) is 5.26 Å². The number of anilines is 2. The molecule has 0 aliphatic carbocycles. The Morgan fingerprint density at radius 3 is 2.73 bits per heavy atom. The lowest BCUT2D eigenvalue weighted by Gasteiger charge is -2.18. The first kappa shape index (κ1) is 16.0. The molecule has 0 spiro atoms. The number of hydrogen-bond donors (Lipinski definition) is 1. The molecule has 0 saturated heterocycles. The number of amides is 1. The van der Waals surface area contributed by atoms with Crippen molar-refractivity contribution in [2.24, 2.45) is 0 Å². The topological polar surface area (TPSA) is 81.9 Å². The van der Waals surface area contributed by atoms with Crippen LogP contribution in [0.25, 0.3) is 0 Å². The second-order valence-electron chi connectivity index (χ2n) is 4.37. The van der Waals surface area contributed by atoms with Crippen molar-refractivity contribution in [3.8, 4) is 6.07 Å². The highest BCUT2D eigenvalue weighted by Crippen LogP contribution is 2.25. The fraction of sp³-hybridized carbons (Fsp3) is 0.143. The number of carbonyl (C=O) groups excluding carboxylic acids is 1. The second-order valence-corrected chi connectivity index (χ2v) is 5.19. The number of benzene rings is 1. The largest absolute Gasteiger partial charge is 0.348 e. The fourth-order valence-corrected chi connectivity index (χ4v) is 2.05. The summed E-state index contributed by atoms with van der Waals surface area (Å²) in [6.07, 6.45) is 2.88. The van der Waals surface area contributed by atoms with Gasteiger partial charge in [0.15, 0.2) is 11.5 Å². The molecule has 1 aromatic carbocycles. The summed E-state index contributed by atoms with van der Waals surface area (Å²) < 4.78 is 0. The first-order chi connectivity index (χ1) is 10.5. The van der Waals surface area contributed by atoms with Crippen LogP contribution in [-0.4, -0.2) is 29.5 Å². The lowest BCUT2D eigenvalue weighted by molar-refractivity contribution is -0.114. The Kier molecular flexibility index (Phi) is 5.15. The summed E-state index contributed by atoms with van der Waals surface area (Å²) in [6, 6.07) is 6.74. The number of nitrogens with one attached hydrogen (secondary N) is 1. The van der Waals surface area contributed by atoms with Gasteiger partial charge in [0.2, 0.25) is 5.91 Å². The van der Waals surface area contributed by atoms with Gasteiger partial charge in [0, 0.05) is 25.1 Å². The van der Waals surface area contributed by atoms with Gasteiger partial charge in [-0.3, -0.25) is 4.79 Å². The van der Waals surface area contributed by atoms with E-state index >= 15 is 0 Å². The molecule has 0 atom stereocenters. The lowest BCUT2D eigenvalue weighted by Crippen LogP contribution is -2.31.